The molecule has 67 valence electrons. The molecular formula is C4H13AlO5P. The second-order valence-electron chi connectivity index (χ2n) is 1.18. The van der Waals surface area contributed by atoms with Crippen molar-refractivity contribution in [3.63, 3.8) is 0 Å². The Morgan fingerprint density at radius 2 is 1.55 bits per heavy atom. The van der Waals surface area contributed by atoms with Gasteiger partial charge in [0.25, 0.3) is 5.97 Å². The van der Waals surface area contributed by atoms with Crippen LogP contribution in [0.5, 0.6) is 0 Å². The molecule has 1 radical (unpaired) electrons. The van der Waals surface area contributed by atoms with Gasteiger partial charge >= 0.3 is 8.25 Å². The van der Waals surface area contributed by atoms with Crippen molar-refractivity contribution >= 4 is 31.6 Å². The topological polar surface area (TPSA) is 72.8 Å². The van der Waals surface area contributed by atoms with E-state index in [0.29, 0.717) is 0 Å². The highest BCUT2D eigenvalue weighted by molar-refractivity contribution is 7.33. The smallest absolute Gasteiger partial charge is 0.318 e. The summed E-state index contributed by atoms with van der Waals surface area (Å²) in [7, 11) is 0.558. The maximum atomic E-state index is 9.92. The van der Waals surface area contributed by atoms with E-state index >= 15 is 0 Å². The highest BCUT2D eigenvalue weighted by atomic mass is 31.1. The summed E-state index contributed by atoms with van der Waals surface area (Å²) in [5, 5.41) is 7.42. The van der Waals surface area contributed by atoms with Gasteiger partial charge in [-0.05, 0) is 0 Å². The first kappa shape index (κ1) is 17.3. The minimum absolute atomic E-state index is 0. The summed E-state index contributed by atoms with van der Waals surface area (Å²) in [5.41, 5.74) is 0. The molecule has 0 unspecified atom stereocenters. The van der Waals surface area contributed by atoms with Gasteiger partial charge in [-0.1, -0.05) is 0 Å². The van der Waals surface area contributed by atoms with Crippen molar-refractivity contribution < 1.29 is 23.5 Å². The molecular weight excluding hydrogens is 186 g/mol. The van der Waals surface area contributed by atoms with E-state index in [9.17, 15) is 4.57 Å². The van der Waals surface area contributed by atoms with Crippen LogP contribution in [-0.4, -0.2) is 42.7 Å². The molecule has 11 heavy (non-hydrogen) atoms. The Kier molecular flexibility index (Phi) is 20.1. The first-order chi connectivity index (χ1) is 4.54. The zero-order valence-corrected chi connectivity index (χ0v) is 10.1. The van der Waals surface area contributed by atoms with Gasteiger partial charge in [0.15, 0.2) is 0 Å². The lowest BCUT2D eigenvalue weighted by Crippen LogP contribution is -1.78. The number of carboxylic acids is 1. The standard InChI is InChI=1S/C2H7O3P.C2H4O2.Al.2H/c1-4-6(3)5-2;1-2(3)4;;;/h6H,1-2H3;1H3,(H,3,4);;;. The normalized spacial score (nSPS) is 7.64. The Labute approximate surface area is 76.8 Å². The molecule has 0 bridgehead atoms. The molecule has 0 rings (SSSR count). The van der Waals surface area contributed by atoms with E-state index in [-0.39, 0.29) is 17.4 Å². The molecule has 0 aromatic rings. The molecule has 0 aliphatic heterocycles. The van der Waals surface area contributed by atoms with E-state index in [0.717, 1.165) is 6.92 Å². The molecule has 5 nitrogen and oxygen atoms in total. The molecule has 0 fully saturated rings. The molecule has 0 aliphatic rings. The van der Waals surface area contributed by atoms with Crippen LogP contribution in [0.25, 0.3) is 0 Å². The zero-order chi connectivity index (χ0) is 8.57. The Morgan fingerprint density at radius 3 is 1.55 bits per heavy atom. The quantitative estimate of drug-likeness (QED) is 0.494. The molecule has 1 N–H and O–H groups in total. The predicted octanol–water partition coefficient (Wildman–Crippen LogP) is -0.156. The maximum absolute atomic E-state index is 9.92. The van der Waals surface area contributed by atoms with Crippen molar-refractivity contribution in [1.82, 2.24) is 0 Å². The fourth-order valence-corrected chi connectivity index (χ4v) is 0.250. The van der Waals surface area contributed by atoms with Crippen LogP contribution in [0, 0.1) is 0 Å². The average Bonchev–Trinajstić information content (AvgIpc) is 1.85. The lowest BCUT2D eigenvalue weighted by molar-refractivity contribution is -0.134. The van der Waals surface area contributed by atoms with Gasteiger partial charge in [-0.2, -0.15) is 0 Å². The summed E-state index contributed by atoms with van der Waals surface area (Å²) < 4.78 is 18.4. The van der Waals surface area contributed by atoms with Gasteiger partial charge in [-0.3, -0.25) is 9.36 Å². The summed E-state index contributed by atoms with van der Waals surface area (Å²) in [6.07, 6.45) is 0. The lowest BCUT2D eigenvalue weighted by Gasteiger charge is -1.89. The number of hydrogen-bond donors (Lipinski definition) is 1. The molecule has 0 saturated carbocycles. The second-order valence-corrected chi connectivity index (χ2v) is 2.49. The van der Waals surface area contributed by atoms with Gasteiger partial charge in [-0.25, -0.2) is 0 Å². The van der Waals surface area contributed by atoms with Crippen molar-refractivity contribution in [3.05, 3.63) is 0 Å². The molecule has 0 aromatic heterocycles. The molecule has 0 aliphatic carbocycles. The van der Waals surface area contributed by atoms with Crippen LogP contribution in [0.15, 0.2) is 0 Å². The second kappa shape index (κ2) is 12.8. The van der Waals surface area contributed by atoms with Crippen molar-refractivity contribution in [2.45, 2.75) is 6.92 Å². The van der Waals surface area contributed by atoms with Gasteiger partial charge in [0.1, 0.15) is 17.4 Å². The van der Waals surface area contributed by atoms with Crippen LogP contribution in [0.4, 0.5) is 0 Å². The van der Waals surface area contributed by atoms with Gasteiger partial charge in [0.05, 0.1) is 0 Å². The SMILES string of the molecule is CC(=O)O.CO[PH](=O)OC.[AlH2]. The maximum Gasteiger partial charge on any atom is 0.318 e. The van der Waals surface area contributed by atoms with E-state index in [4.69, 9.17) is 9.90 Å². The fraction of sp³-hybridized carbons (Fsp3) is 0.750. The van der Waals surface area contributed by atoms with E-state index in [1.165, 1.54) is 14.2 Å². The largest absolute Gasteiger partial charge is 0.481 e. The number of rotatable bonds is 2. The van der Waals surface area contributed by atoms with E-state index < -0.39 is 14.2 Å². The highest BCUT2D eigenvalue weighted by Crippen LogP contribution is 2.18. The Bertz CT molecular complexity index is 107. The minimum Gasteiger partial charge on any atom is -0.481 e. The van der Waals surface area contributed by atoms with Crippen molar-refractivity contribution in [2.75, 3.05) is 14.2 Å². The number of aliphatic carboxylic acids is 1. The first-order valence-electron chi connectivity index (χ1n) is 2.36. The van der Waals surface area contributed by atoms with E-state index in [1.807, 2.05) is 0 Å². The lowest BCUT2D eigenvalue weighted by atomic mass is 10.9. The Morgan fingerprint density at radius 1 is 1.36 bits per heavy atom. The van der Waals surface area contributed by atoms with E-state index in [1.54, 1.807) is 0 Å². The van der Waals surface area contributed by atoms with Crippen molar-refractivity contribution in [3.8, 4) is 0 Å². The molecule has 0 aromatic carbocycles. The summed E-state index contributed by atoms with van der Waals surface area (Å²) in [5.74, 6) is -0.833. The monoisotopic (exact) mass is 199 g/mol. The van der Waals surface area contributed by atoms with E-state index in [2.05, 4.69) is 9.05 Å². The van der Waals surface area contributed by atoms with Crippen molar-refractivity contribution in [1.29, 1.82) is 0 Å². The van der Waals surface area contributed by atoms with Crippen LogP contribution in [0.3, 0.4) is 0 Å². The summed E-state index contributed by atoms with van der Waals surface area (Å²) >= 11 is 0. The third-order valence-electron chi connectivity index (χ3n) is 0.333. The molecule has 7 heteroatoms. The Balaban J connectivity index is -0.000000114. The average molecular weight is 199 g/mol. The van der Waals surface area contributed by atoms with Crippen LogP contribution >= 0.6 is 8.25 Å². The van der Waals surface area contributed by atoms with Gasteiger partial charge in [-0.15, -0.1) is 0 Å². The number of carbonyl (C=O) groups is 1. The third-order valence-corrected chi connectivity index (χ3v) is 1.00. The third kappa shape index (κ3) is 39.1. The predicted molar refractivity (Wildman–Crippen MR) is 44.9 cm³/mol. The summed E-state index contributed by atoms with van der Waals surface area (Å²) in [6.45, 7) is 1.08. The molecule has 0 heterocycles. The molecule has 0 atom stereocenters. The molecule has 0 saturated heterocycles. The Hall–Kier alpha value is 0.152. The first-order valence-corrected chi connectivity index (χ1v) is 3.58. The van der Waals surface area contributed by atoms with Crippen LogP contribution in [-0.2, 0) is 18.4 Å². The summed E-state index contributed by atoms with van der Waals surface area (Å²) in [4.78, 5) is 9.00. The van der Waals surface area contributed by atoms with Gasteiger partial charge in [0, 0.05) is 21.1 Å². The van der Waals surface area contributed by atoms with Crippen LogP contribution in [0.2, 0.25) is 0 Å². The fourth-order valence-electron chi connectivity index (χ4n) is 0.0833. The summed E-state index contributed by atoms with van der Waals surface area (Å²) in [6, 6.07) is 0. The molecule has 0 spiro atoms. The number of hydrogen-bond acceptors (Lipinski definition) is 4. The van der Waals surface area contributed by atoms with Gasteiger partial charge < -0.3 is 14.2 Å². The van der Waals surface area contributed by atoms with Gasteiger partial charge in [0.2, 0.25) is 0 Å². The zero-order valence-electron chi connectivity index (χ0n) is 7.08. The van der Waals surface area contributed by atoms with Crippen LogP contribution in [0.1, 0.15) is 6.92 Å². The molecule has 0 amide bonds. The highest BCUT2D eigenvalue weighted by Gasteiger charge is 1.83. The van der Waals surface area contributed by atoms with Crippen LogP contribution < -0.4 is 0 Å². The number of carboxylic acid groups (broad SMARTS) is 1. The minimum atomic E-state index is -2.12. The van der Waals surface area contributed by atoms with Crippen molar-refractivity contribution in [2.24, 2.45) is 0 Å².